The molecule has 1 aliphatic carbocycles. The third-order valence-electron chi connectivity index (χ3n) is 5.94. The van der Waals surface area contributed by atoms with Crippen LogP contribution in [0.1, 0.15) is 67.1 Å². The second kappa shape index (κ2) is 12.6. The van der Waals surface area contributed by atoms with E-state index in [0.29, 0.717) is 44.2 Å². The minimum absolute atomic E-state index is 0.00754. The van der Waals surface area contributed by atoms with E-state index < -0.39 is 15.9 Å². The van der Waals surface area contributed by atoms with Gasteiger partial charge < -0.3 is 10.1 Å². The fraction of sp³-hybridized carbons (Fsp3) is 0.480. The fourth-order valence-corrected chi connectivity index (χ4v) is 4.97. The van der Waals surface area contributed by atoms with Crippen LogP contribution in [0.4, 0.5) is 0 Å². The average molecular weight is 488 g/mol. The summed E-state index contributed by atoms with van der Waals surface area (Å²) in [7, 11) is -4.02. The molecule has 3 rings (SSSR count). The minimum atomic E-state index is -4.02. The van der Waals surface area contributed by atoms with Gasteiger partial charge in [0.2, 0.25) is 5.91 Å². The van der Waals surface area contributed by atoms with Crippen LogP contribution in [0, 0.1) is 5.92 Å². The van der Waals surface area contributed by atoms with E-state index >= 15 is 0 Å². The summed E-state index contributed by atoms with van der Waals surface area (Å²) in [4.78, 5) is 28.6. The van der Waals surface area contributed by atoms with Gasteiger partial charge in [-0.2, -0.15) is 0 Å². The Bertz CT molecular complexity index is 1050. The summed E-state index contributed by atoms with van der Waals surface area (Å²) in [6.45, 7) is 3.25. The second-order valence-corrected chi connectivity index (χ2v) is 10.2. The highest BCUT2D eigenvalue weighted by molar-refractivity contribution is 7.90. The van der Waals surface area contributed by atoms with Crippen molar-refractivity contribution in [3.05, 3.63) is 59.4 Å². The van der Waals surface area contributed by atoms with Crippen molar-refractivity contribution in [2.24, 2.45) is 5.92 Å². The largest absolute Gasteiger partial charge is 0.375 e. The van der Waals surface area contributed by atoms with Crippen LogP contribution in [0.3, 0.4) is 0 Å². The number of benzene rings is 1. The lowest BCUT2D eigenvalue weighted by Gasteiger charge is -2.20. The molecule has 1 aromatic heterocycles. The molecule has 0 bridgehead atoms. The van der Waals surface area contributed by atoms with Crippen molar-refractivity contribution in [3.63, 3.8) is 0 Å². The molecule has 0 atom stereocenters. The van der Waals surface area contributed by atoms with Gasteiger partial charge in [-0.05, 0) is 61.9 Å². The summed E-state index contributed by atoms with van der Waals surface area (Å²) in [5.74, 6) is -0.174. The van der Waals surface area contributed by atoms with Crippen LogP contribution in [0.2, 0.25) is 0 Å². The second-order valence-electron chi connectivity index (χ2n) is 8.56. The molecule has 1 heterocycles. The third-order valence-corrected chi connectivity index (χ3v) is 7.28. The highest BCUT2D eigenvalue weighted by Gasteiger charge is 2.19. The molecule has 0 aliphatic heterocycles. The number of ether oxygens (including phenoxy) is 1. The van der Waals surface area contributed by atoms with Gasteiger partial charge in [-0.1, -0.05) is 31.4 Å². The van der Waals surface area contributed by atoms with Gasteiger partial charge in [-0.25, -0.2) is 13.1 Å². The molecule has 1 fully saturated rings. The van der Waals surface area contributed by atoms with Gasteiger partial charge in [0.1, 0.15) is 0 Å². The Hall–Kier alpha value is -2.78. The van der Waals surface area contributed by atoms with E-state index in [1.807, 2.05) is 6.92 Å². The van der Waals surface area contributed by atoms with Gasteiger partial charge in [0.25, 0.3) is 15.9 Å². The van der Waals surface area contributed by atoms with Crippen LogP contribution in [-0.4, -0.2) is 38.4 Å². The molecule has 2 aromatic rings. The molecule has 2 amide bonds. The highest BCUT2D eigenvalue weighted by atomic mass is 32.2. The first-order valence-electron chi connectivity index (χ1n) is 11.8. The predicted molar refractivity (Wildman–Crippen MR) is 129 cm³/mol. The van der Waals surface area contributed by atoms with E-state index in [0.717, 1.165) is 18.4 Å². The number of hydrogen-bond donors (Lipinski definition) is 2. The number of nitrogens with one attached hydrogen (secondary N) is 2. The summed E-state index contributed by atoms with van der Waals surface area (Å²) in [6.07, 6.45) is 8.48. The molecule has 184 valence electrons. The number of carbonyl (C=O) groups excluding carboxylic acids is 2. The zero-order valence-corrected chi connectivity index (χ0v) is 20.4. The zero-order chi connectivity index (χ0) is 24.4. The van der Waals surface area contributed by atoms with Gasteiger partial charge in [0.05, 0.1) is 22.8 Å². The van der Waals surface area contributed by atoms with Gasteiger partial charge in [0, 0.05) is 25.8 Å². The lowest BCUT2D eigenvalue weighted by molar-refractivity contribution is -0.122. The number of nitrogens with zero attached hydrogens (tertiary/aromatic N) is 1. The number of pyridine rings is 1. The van der Waals surface area contributed by atoms with Crippen molar-refractivity contribution < 1.29 is 22.7 Å². The Morgan fingerprint density at radius 3 is 2.44 bits per heavy atom. The quantitative estimate of drug-likeness (QED) is 0.502. The topological polar surface area (TPSA) is 114 Å². The molecule has 1 aliphatic rings. The first kappa shape index (κ1) is 25.8. The molecule has 0 unspecified atom stereocenters. The van der Waals surface area contributed by atoms with Crippen molar-refractivity contribution in [1.82, 2.24) is 15.0 Å². The molecule has 0 radical (unpaired) electrons. The first-order chi connectivity index (χ1) is 16.4. The summed E-state index contributed by atoms with van der Waals surface area (Å²) in [5, 5.41) is 2.95. The van der Waals surface area contributed by atoms with E-state index in [9.17, 15) is 18.0 Å². The predicted octanol–water partition coefficient (Wildman–Crippen LogP) is 3.37. The molecular weight excluding hydrogens is 454 g/mol. The SMILES string of the molecule is CCOCc1ccc(C(=O)NS(=O)(=O)c2ccc(CCNC(=O)CC3CCCCC3)cc2)cn1. The number of carbonyl (C=O) groups is 2. The monoisotopic (exact) mass is 487 g/mol. The maximum Gasteiger partial charge on any atom is 0.266 e. The first-order valence-corrected chi connectivity index (χ1v) is 13.3. The molecular formula is C25H33N3O5S. The summed E-state index contributed by atoms with van der Waals surface area (Å²) >= 11 is 0. The smallest absolute Gasteiger partial charge is 0.266 e. The maximum absolute atomic E-state index is 12.6. The lowest BCUT2D eigenvalue weighted by Crippen LogP contribution is -2.30. The Morgan fingerprint density at radius 2 is 1.79 bits per heavy atom. The standard InChI is InChI=1S/C25H33N3O5S/c1-2-33-18-22-11-10-21(17-27-22)25(30)28-34(31,32)23-12-8-19(9-13-23)14-15-26-24(29)16-20-6-4-3-5-7-20/h8-13,17,20H,2-7,14-16,18H2,1H3,(H,26,29)(H,28,30). The van der Waals surface area contributed by atoms with Crippen LogP contribution >= 0.6 is 0 Å². The summed E-state index contributed by atoms with van der Waals surface area (Å²) in [6, 6.07) is 9.43. The Labute approximate surface area is 201 Å². The Kier molecular flexibility index (Phi) is 9.59. The number of sulfonamides is 1. The van der Waals surface area contributed by atoms with Crippen molar-refractivity contribution >= 4 is 21.8 Å². The molecule has 1 saturated carbocycles. The van der Waals surface area contributed by atoms with Crippen molar-refractivity contribution in [2.75, 3.05) is 13.2 Å². The zero-order valence-electron chi connectivity index (χ0n) is 19.6. The van der Waals surface area contributed by atoms with Crippen LogP contribution < -0.4 is 10.0 Å². The Morgan fingerprint density at radius 1 is 1.06 bits per heavy atom. The van der Waals surface area contributed by atoms with Crippen molar-refractivity contribution in [3.8, 4) is 0 Å². The van der Waals surface area contributed by atoms with E-state index in [2.05, 4.69) is 15.0 Å². The van der Waals surface area contributed by atoms with Crippen molar-refractivity contribution in [1.29, 1.82) is 0 Å². The van der Waals surface area contributed by atoms with Crippen molar-refractivity contribution in [2.45, 2.75) is 63.4 Å². The maximum atomic E-state index is 12.6. The number of aromatic nitrogens is 1. The van der Waals surface area contributed by atoms with Crippen LogP contribution in [-0.2, 0) is 32.6 Å². The van der Waals surface area contributed by atoms with Crippen LogP contribution in [0.15, 0.2) is 47.5 Å². The summed E-state index contributed by atoms with van der Waals surface area (Å²) in [5.41, 5.74) is 1.70. The molecule has 9 heteroatoms. The average Bonchev–Trinajstić information content (AvgIpc) is 2.84. The van der Waals surface area contributed by atoms with Crippen LogP contribution in [0.25, 0.3) is 0 Å². The van der Waals surface area contributed by atoms with Gasteiger partial charge >= 0.3 is 0 Å². The number of amides is 2. The lowest BCUT2D eigenvalue weighted by atomic mass is 9.87. The van der Waals surface area contributed by atoms with Gasteiger partial charge in [0.15, 0.2) is 0 Å². The normalized spacial score (nSPS) is 14.5. The van der Waals surface area contributed by atoms with Crippen LogP contribution in [0.5, 0.6) is 0 Å². The van der Waals surface area contributed by atoms with Gasteiger partial charge in [-0.15, -0.1) is 0 Å². The van der Waals surface area contributed by atoms with E-state index in [1.54, 1.807) is 18.2 Å². The number of hydrogen-bond acceptors (Lipinski definition) is 6. The molecule has 0 saturated heterocycles. The van der Waals surface area contributed by atoms with E-state index in [4.69, 9.17) is 4.74 Å². The molecule has 34 heavy (non-hydrogen) atoms. The minimum Gasteiger partial charge on any atom is -0.375 e. The Balaban J connectivity index is 1.47. The fourth-order valence-electron chi connectivity index (χ4n) is 4.00. The number of rotatable bonds is 11. The highest BCUT2D eigenvalue weighted by Crippen LogP contribution is 2.26. The van der Waals surface area contributed by atoms with E-state index in [1.165, 1.54) is 43.7 Å². The summed E-state index contributed by atoms with van der Waals surface area (Å²) < 4.78 is 32.5. The molecule has 8 nitrogen and oxygen atoms in total. The molecule has 2 N–H and O–H groups in total. The molecule has 0 spiro atoms. The van der Waals surface area contributed by atoms with Gasteiger partial charge in [-0.3, -0.25) is 14.6 Å². The third kappa shape index (κ3) is 7.92. The molecule has 1 aromatic carbocycles. The van der Waals surface area contributed by atoms with E-state index in [-0.39, 0.29) is 16.4 Å².